The highest BCUT2D eigenvalue weighted by molar-refractivity contribution is 6.04. The largest absolute Gasteiger partial charge is 0.467 e. The van der Waals surface area contributed by atoms with Gasteiger partial charge in [-0.3, -0.25) is 14.5 Å². The first-order valence-corrected chi connectivity index (χ1v) is 18.5. The maximum Gasteiger partial charge on any atom is 0.319 e. The molecule has 3 heterocycles. The van der Waals surface area contributed by atoms with Crippen molar-refractivity contribution in [3.05, 3.63) is 12.3 Å². The number of hydrogen-bond donors (Lipinski definition) is 1. The van der Waals surface area contributed by atoms with Crippen LogP contribution in [0.3, 0.4) is 0 Å². The van der Waals surface area contributed by atoms with Crippen LogP contribution < -0.4 is 0 Å². The molecule has 0 radical (unpaired) electrons. The SMILES string of the molecule is C=C1C[C@H](CN(C)C)[C@@H](O)[C@H](O[C@@H]2[C@@H](C)C(=O)C(C)(C)C(=O)OC[C@H](CCCN3CCCCC3)N(CC(C)C)C[C@H](C)C[C@@]2(C)OC)O1. The average molecular weight is 680 g/mol. The van der Waals surface area contributed by atoms with Crippen LogP contribution in [-0.2, 0) is 28.5 Å². The molecule has 0 unspecified atom stereocenters. The van der Waals surface area contributed by atoms with Crippen molar-refractivity contribution in [2.45, 2.75) is 124 Å². The smallest absolute Gasteiger partial charge is 0.319 e. The van der Waals surface area contributed by atoms with Crippen LogP contribution in [0.25, 0.3) is 0 Å². The average Bonchev–Trinajstić information content (AvgIpc) is 3.01. The number of allylic oxidation sites excluding steroid dienone is 1. The molecule has 3 aliphatic heterocycles. The van der Waals surface area contributed by atoms with Crippen LogP contribution >= 0.6 is 0 Å². The van der Waals surface area contributed by atoms with Gasteiger partial charge in [0.2, 0.25) is 6.29 Å². The summed E-state index contributed by atoms with van der Waals surface area (Å²) in [7, 11) is 5.58. The number of ketones is 1. The molecule has 1 N–H and O–H groups in total. The number of carbonyl (C=O) groups excluding carboxylic acids is 2. The van der Waals surface area contributed by atoms with Gasteiger partial charge in [0.05, 0.1) is 17.5 Å². The first-order chi connectivity index (χ1) is 22.5. The number of hydrogen-bond acceptors (Lipinski definition) is 10. The van der Waals surface area contributed by atoms with Crippen molar-refractivity contribution in [1.29, 1.82) is 0 Å². The number of methoxy groups -OCH3 is 1. The van der Waals surface area contributed by atoms with Gasteiger partial charge in [0, 0.05) is 51.0 Å². The molecule has 3 rings (SSSR count). The van der Waals surface area contributed by atoms with Gasteiger partial charge in [-0.05, 0) is 98.4 Å². The van der Waals surface area contributed by atoms with Crippen molar-refractivity contribution in [2.24, 2.45) is 29.1 Å². The molecule has 10 nitrogen and oxygen atoms in total. The number of ether oxygens (including phenoxy) is 4. The Morgan fingerprint density at radius 1 is 1.10 bits per heavy atom. The Morgan fingerprint density at radius 2 is 1.77 bits per heavy atom. The van der Waals surface area contributed by atoms with E-state index in [2.05, 4.69) is 37.1 Å². The highest BCUT2D eigenvalue weighted by Gasteiger charge is 2.51. The molecule has 3 aliphatic rings. The molecular weight excluding hydrogens is 610 g/mol. The number of esters is 1. The van der Waals surface area contributed by atoms with E-state index in [1.54, 1.807) is 27.9 Å². The van der Waals surface area contributed by atoms with Gasteiger partial charge in [-0.1, -0.05) is 40.7 Å². The fraction of sp³-hybridized carbons (Fsp3) is 0.895. The minimum absolute atomic E-state index is 0.0407. The van der Waals surface area contributed by atoms with Crippen LogP contribution in [0.15, 0.2) is 12.3 Å². The monoisotopic (exact) mass is 680 g/mol. The van der Waals surface area contributed by atoms with Crippen molar-refractivity contribution in [3.8, 4) is 0 Å². The summed E-state index contributed by atoms with van der Waals surface area (Å²) < 4.78 is 25.1. The number of aliphatic hydroxyl groups excluding tert-OH is 1. The molecule has 0 aliphatic carbocycles. The maximum atomic E-state index is 14.3. The van der Waals surface area contributed by atoms with Crippen molar-refractivity contribution in [3.63, 3.8) is 0 Å². The molecular formula is C38H69N3O7. The Labute approximate surface area is 291 Å². The predicted octanol–water partition coefficient (Wildman–Crippen LogP) is 4.98. The van der Waals surface area contributed by atoms with E-state index < -0.39 is 41.4 Å². The fourth-order valence-corrected chi connectivity index (χ4v) is 8.18. The number of carbonyl (C=O) groups is 2. The van der Waals surface area contributed by atoms with Crippen LogP contribution in [0.2, 0.25) is 0 Å². The minimum atomic E-state index is -1.42. The molecule has 3 saturated heterocycles. The molecule has 278 valence electrons. The minimum Gasteiger partial charge on any atom is -0.467 e. The molecule has 0 aromatic rings. The zero-order valence-electron chi connectivity index (χ0n) is 32.0. The van der Waals surface area contributed by atoms with Crippen molar-refractivity contribution in [1.82, 2.24) is 14.7 Å². The second-order valence-corrected chi connectivity index (χ2v) is 16.5. The number of cyclic esters (lactones) is 1. The Kier molecular flexibility index (Phi) is 15.4. The zero-order valence-corrected chi connectivity index (χ0v) is 32.0. The second kappa shape index (κ2) is 18.1. The van der Waals surface area contributed by atoms with Crippen LogP contribution in [0.5, 0.6) is 0 Å². The van der Waals surface area contributed by atoms with Crippen molar-refractivity contribution < 1.29 is 33.6 Å². The van der Waals surface area contributed by atoms with E-state index >= 15 is 0 Å². The molecule has 48 heavy (non-hydrogen) atoms. The third-order valence-electron chi connectivity index (χ3n) is 10.8. The van der Waals surface area contributed by atoms with E-state index in [0.29, 0.717) is 31.1 Å². The topological polar surface area (TPSA) is 101 Å². The number of nitrogens with zero attached hydrogens (tertiary/aromatic N) is 3. The molecule has 0 bridgehead atoms. The Bertz CT molecular complexity index is 1050. The zero-order chi connectivity index (χ0) is 35.8. The number of Topliss-reactive ketones (excluding diaryl/α,β-unsaturated/α-hetero) is 1. The van der Waals surface area contributed by atoms with Gasteiger partial charge < -0.3 is 33.9 Å². The highest BCUT2D eigenvalue weighted by atomic mass is 16.7. The van der Waals surface area contributed by atoms with Crippen molar-refractivity contribution in [2.75, 3.05) is 67.1 Å². The van der Waals surface area contributed by atoms with Gasteiger partial charge in [-0.2, -0.15) is 0 Å². The third-order valence-corrected chi connectivity index (χ3v) is 10.8. The number of piperidine rings is 1. The Morgan fingerprint density at radius 3 is 2.38 bits per heavy atom. The fourth-order valence-electron chi connectivity index (χ4n) is 8.18. The number of rotatable bonds is 11. The molecule has 0 amide bonds. The predicted molar refractivity (Wildman–Crippen MR) is 189 cm³/mol. The van der Waals surface area contributed by atoms with Gasteiger partial charge in [-0.25, -0.2) is 0 Å². The summed E-state index contributed by atoms with van der Waals surface area (Å²) in [6.07, 6.45) is 4.10. The number of aliphatic hydroxyl groups is 1. The Balaban J connectivity index is 1.96. The summed E-state index contributed by atoms with van der Waals surface area (Å²) in [5.41, 5.74) is -2.35. The molecule has 3 fully saturated rings. The van der Waals surface area contributed by atoms with Crippen LogP contribution in [0.1, 0.15) is 93.4 Å². The van der Waals surface area contributed by atoms with E-state index in [1.807, 2.05) is 25.9 Å². The van der Waals surface area contributed by atoms with Gasteiger partial charge >= 0.3 is 5.97 Å². The van der Waals surface area contributed by atoms with Gasteiger partial charge in [0.25, 0.3) is 0 Å². The van der Waals surface area contributed by atoms with E-state index in [4.69, 9.17) is 18.9 Å². The van der Waals surface area contributed by atoms with E-state index in [9.17, 15) is 14.7 Å². The van der Waals surface area contributed by atoms with Crippen LogP contribution in [0.4, 0.5) is 0 Å². The lowest BCUT2D eigenvalue weighted by Crippen LogP contribution is -2.56. The first kappa shape index (κ1) is 40.9. The molecule has 8 atom stereocenters. The molecule has 10 heteroatoms. The summed E-state index contributed by atoms with van der Waals surface area (Å²) in [5, 5.41) is 11.4. The van der Waals surface area contributed by atoms with Crippen LogP contribution in [-0.4, -0.2) is 129 Å². The summed E-state index contributed by atoms with van der Waals surface area (Å²) in [4.78, 5) is 35.2. The third kappa shape index (κ3) is 11.0. The summed E-state index contributed by atoms with van der Waals surface area (Å²) in [6, 6.07) is 0.0407. The van der Waals surface area contributed by atoms with E-state index in [0.717, 1.165) is 45.6 Å². The lowest BCUT2D eigenvalue weighted by molar-refractivity contribution is -0.268. The number of likely N-dealkylation sites (tertiary alicyclic amines) is 1. The standard InChI is InChI=1S/C38H69N3O7/c1-26(2)22-41-23-27(3)21-38(8,45-11)34(48-35-32(42)30(24-39(9)10)20-28(4)47-35)29(5)33(43)37(6,7)36(44)46-25-31(41)16-15-19-40-17-13-12-14-18-40/h26-27,29-32,34-35,42H,4,12-25H2,1-3,5-11H3/t27-,29+,30-,31+,32-,34-,35+,38-/m1/s1. The van der Waals surface area contributed by atoms with E-state index in [1.165, 1.54) is 19.3 Å². The maximum absolute atomic E-state index is 14.3. The second-order valence-electron chi connectivity index (χ2n) is 16.5. The molecule has 0 spiro atoms. The quantitative estimate of drug-likeness (QED) is 0.238. The van der Waals surface area contributed by atoms with Gasteiger partial charge in [0.1, 0.15) is 18.1 Å². The summed E-state index contributed by atoms with van der Waals surface area (Å²) >= 11 is 0. The first-order valence-electron chi connectivity index (χ1n) is 18.5. The van der Waals surface area contributed by atoms with Gasteiger partial charge in [-0.15, -0.1) is 0 Å². The molecule has 0 saturated carbocycles. The van der Waals surface area contributed by atoms with Crippen molar-refractivity contribution >= 4 is 11.8 Å². The highest BCUT2D eigenvalue weighted by Crippen LogP contribution is 2.39. The normalized spacial score (nSPS) is 35.1. The summed E-state index contributed by atoms with van der Waals surface area (Å²) in [6.45, 7) is 23.7. The van der Waals surface area contributed by atoms with Gasteiger partial charge in [0.15, 0.2) is 5.78 Å². The molecule has 0 aromatic heterocycles. The Hall–Kier alpha value is -1.56. The van der Waals surface area contributed by atoms with E-state index in [-0.39, 0.29) is 30.3 Å². The molecule has 0 aromatic carbocycles. The van der Waals surface area contributed by atoms with Crippen LogP contribution in [0, 0.1) is 29.1 Å². The lowest BCUT2D eigenvalue weighted by Gasteiger charge is -2.46. The lowest BCUT2D eigenvalue weighted by atomic mass is 9.74. The summed E-state index contributed by atoms with van der Waals surface area (Å²) in [5.74, 6) is -0.619.